The standard InChI is InChI=1S/C24H38N6O/c1-5-20-18-30(15-13-22(20)21-11-8-7-9-12-21)24(25-14-10-16-31-6-2)26-17-23-28-27-19(3)29(23)4/h7-9,11-12,20,22H,5-6,10,13-18H2,1-4H3,(H,25,26). The molecule has 1 fully saturated rings. The number of aryl methyl sites for hydroxylation is 1. The normalized spacial score (nSPS) is 19.6. The molecular formula is C24H38N6O. The second kappa shape index (κ2) is 11.8. The van der Waals surface area contributed by atoms with Gasteiger partial charge in [0.15, 0.2) is 11.8 Å². The van der Waals surface area contributed by atoms with Gasteiger partial charge in [0.05, 0.1) is 0 Å². The highest BCUT2D eigenvalue weighted by molar-refractivity contribution is 5.80. The first-order valence-electron chi connectivity index (χ1n) is 11.6. The molecule has 2 heterocycles. The Morgan fingerprint density at radius 2 is 2.03 bits per heavy atom. The predicted molar refractivity (Wildman–Crippen MR) is 125 cm³/mol. The van der Waals surface area contributed by atoms with Crippen molar-refractivity contribution in [1.29, 1.82) is 0 Å². The molecule has 0 amide bonds. The molecule has 2 aromatic rings. The van der Waals surface area contributed by atoms with Crippen molar-refractivity contribution < 1.29 is 4.74 Å². The minimum atomic E-state index is 0.528. The smallest absolute Gasteiger partial charge is 0.194 e. The zero-order chi connectivity index (χ0) is 22.1. The number of hydrogen-bond donors (Lipinski definition) is 1. The van der Waals surface area contributed by atoms with Crippen molar-refractivity contribution in [3.05, 3.63) is 47.5 Å². The lowest BCUT2D eigenvalue weighted by Gasteiger charge is -2.40. The van der Waals surface area contributed by atoms with Crippen molar-refractivity contribution in [3.63, 3.8) is 0 Å². The molecule has 7 nitrogen and oxygen atoms in total. The second-order valence-electron chi connectivity index (χ2n) is 8.26. The Morgan fingerprint density at radius 3 is 2.71 bits per heavy atom. The zero-order valence-electron chi connectivity index (χ0n) is 19.5. The molecule has 31 heavy (non-hydrogen) atoms. The van der Waals surface area contributed by atoms with Crippen molar-refractivity contribution in [3.8, 4) is 0 Å². The predicted octanol–water partition coefficient (Wildman–Crippen LogP) is 3.51. The fourth-order valence-corrected chi connectivity index (χ4v) is 4.30. The molecule has 1 aromatic carbocycles. The van der Waals surface area contributed by atoms with E-state index in [1.54, 1.807) is 0 Å². The third-order valence-corrected chi connectivity index (χ3v) is 6.29. The minimum Gasteiger partial charge on any atom is -0.382 e. The summed E-state index contributed by atoms with van der Waals surface area (Å²) in [6.07, 6.45) is 3.27. The van der Waals surface area contributed by atoms with Gasteiger partial charge in [0.2, 0.25) is 0 Å². The summed E-state index contributed by atoms with van der Waals surface area (Å²) < 4.78 is 7.50. The van der Waals surface area contributed by atoms with Crippen LogP contribution in [0.15, 0.2) is 35.3 Å². The van der Waals surface area contributed by atoms with Crippen LogP contribution in [-0.4, -0.2) is 58.5 Å². The number of rotatable bonds is 9. The molecule has 0 aliphatic carbocycles. The Labute approximate surface area is 186 Å². The fourth-order valence-electron chi connectivity index (χ4n) is 4.30. The first-order chi connectivity index (χ1) is 15.1. The van der Waals surface area contributed by atoms with Crippen LogP contribution in [0.5, 0.6) is 0 Å². The minimum absolute atomic E-state index is 0.528. The van der Waals surface area contributed by atoms with Crippen LogP contribution in [-0.2, 0) is 18.3 Å². The van der Waals surface area contributed by atoms with E-state index in [-0.39, 0.29) is 0 Å². The van der Waals surface area contributed by atoms with E-state index in [1.165, 1.54) is 5.56 Å². The molecule has 1 N–H and O–H groups in total. The van der Waals surface area contributed by atoms with E-state index in [0.29, 0.717) is 18.4 Å². The first-order valence-corrected chi connectivity index (χ1v) is 11.6. The number of nitrogens with one attached hydrogen (secondary N) is 1. The molecule has 2 atom stereocenters. The van der Waals surface area contributed by atoms with Gasteiger partial charge in [0.25, 0.3) is 0 Å². The van der Waals surface area contributed by atoms with Crippen LogP contribution in [0.3, 0.4) is 0 Å². The highest BCUT2D eigenvalue weighted by atomic mass is 16.5. The molecule has 1 saturated heterocycles. The Hall–Kier alpha value is -2.41. The summed E-state index contributed by atoms with van der Waals surface area (Å²) in [7, 11) is 1.99. The molecule has 1 aliphatic heterocycles. The van der Waals surface area contributed by atoms with Crippen molar-refractivity contribution in [2.45, 2.75) is 52.5 Å². The maximum atomic E-state index is 5.49. The van der Waals surface area contributed by atoms with Crippen LogP contribution in [0.4, 0.5) is 0 Å². The lowest BCUT2D eigenvalue weighted by Crippen LogP contribution is -2.48. The van der Waals surface area contributed by atoms with Crippen LogP contribution >= 0.6 is 0 Å². The van der Waals surface area contributed by atoms with Crippen molar-refractivity contribution in [2.75, 3.05) is 32.8 Å². The van der Waals surface area contributed by atoms with E-state index < -0.39 is 0 Å². The Kier molecular flexibility index (Phi) is 8.88. The molecule has 0 bridgehead atoms. The Morgan fingerprint density at radius 1 is 1.23 bits per heavy atom. The van der Waals surface area contributed by atoms with E-state index in [1.807, 2.05) is 25.5 Å². The first kappa shape index (κ1) is 23.3. The van der Waals surface area contributed by atoms with Crippen molar-refractivity contribution in [2.24, 2.45) is 18.0 Å². The van der Waals surface area contributed by atoms with Crippen LogP contribution < -0.4 is 5.32 Å². The zero-order valence-corrected chi connectivity index (χ0v) is 19.5. The summed E-state index contributed by atoms with van der Waals surface area (Å²) in [5.74, 6) is 4.00. The number of hydrogen-bond acceptors (Lipinski definition) is 4. The maximum Gasteiger partial charge on any atom is 0.194 e. The highest BCUT2D eigenvalue weighted by Crippen LogP contribution is 2.34. The van der Waals surface area contributed by atoms with Gasteiger partial charge in [-0.2, -0.15) is 0 Å². The number of aromatic nitrogens is 3. The van der Waals surface area contributed by atoms with E-state index >= 15 is 0 Å². The molecule has 1 aliphatic rings. The number of nitrogens with zero attached hydrogens (tertiary/aromatic N) is 5. The van der Waals surface area contributed by atoms with E-state index in [2.05, 4.69) is 57.7 Å². The number of ether oxygens (including phenoxy) is 1. The largest absolute Gasteiger partial charge is 0.382 e. The number of likely N-dealkylation sites (tertiary alicyclic amines) is 1. The molecule has 0 saturated carbocycles. The molecule has 7 heteroatoms. The monoisotopic (exact) mass is 426 g/mol. The third-order valence-electron chi connectivity index (χ3n) is 6.29. The fraction of sp³-hybridized carbons (Fsp3) is 0.625. The van der Waals surface area contributed by atoms with Gasteiger partial charge in [0, 0.05) is 39.9 Å². The second-order valence-corrected chi connectivity index (χ2v) is 8.26. The number of piperidine rings is 1. The molecule has 1 aromatic heterocycles. The van der Waals surface area contributed by atoms with Crippen LogP contribution in [0, 0.1) is 12.8 Å². The van der Waals surface area contributed by atoms with Crippen molar-refractivity contribution in [1.82, 2.24) is 25.0 Å². The average molecular weight is 427 g/mol. The van der Waals surface area contributed by atoms with Gasteiger partial charge in [-0.1, -0.05) is 43.7 Å². The maximum absolute atomic E-state index is 5.49. The SMILES string of the molecule is CCOCCCNC(=NCc1nnc(C)n1C)N1CCC(c2ccccc2)C(CC)C1. The average Bonchev–Trinajstić information content (AvgIpc) is 3.13. The summed E-state index contributed by atoms with van der Waals surface area (Å²) in [6, 6.07) is 11.0. The van der Waals surface area contributed by atoms with E-state index in [0.717, 1.165) is 69.7 Å². The van der Waals surface area contributed by atoms with Gasteiger partial charge in [0.1, 0.15) is 12.4 Å². The molecule has 170 valence electrons. The quantitative estimate of drug-likeness (QED) is 0.378. The Bertz CT molecular complexity index is 819. The van der Waals surface area contributed by atoms with Gasteiger partial charge < -0.3 is 19.5 Å². The van der Waals surface area contributed by atoms with Crippen molar-refractivity contribution >= 4 is 5.96 Å². The van der Waals surface area contributed by atoms with Crippen LogP contribution in [0.2, 0.25) is 0 Å². The summed E-state index contributed by atoms with van der Waals surface area (Å²) >= 11 is 0. The summed E-state index contributed by atoms with van der Waals surface area (Å²) in [4.78, 5) is 7.37. The topological polar surface area (TPSA) is 67.6 Å². The summed E-state index contributed by atoms with van der Waals surface area (Å²) in [5, 5.41) is 12.0. The lowest BCUT2D eigenvalue weighted by molar-refractivity contribution is 0.145. The molecule has 0 spiro atoms. The van der Waals surface area contributed by atoms with Gasteiger partial charge >= 0.3 is 0 Å². The van der Waals surface area contributed by atoms with Gasteiger partial charge in [-0.3, -0.25) is 0 Å². The third kappa shape index (κ3) is 6.29. The molecule has 2 unspecified atom stereocenters. The lowest BCUT2D eigenvalue weighted by atomic mass is 9.79. The molecule has 0 radical (unpaired) electrons. The molecular weight excluding hydrogens is 388 g/mol. The highest BCUT2D eigenvalue weighted by Gasteiger charge is 2.30. The van der Waals surface area contributed by atoms with Gasteiger partial charge in [-0.25, -0.2) is 4.99 Å². The summed E-state index contributed by atoms with van der Waals surface area (Å²) in [6.45, 7) is 11.2. The Balaban J connectivity index is 1.70. The number of benzene rings is 1. The number of guanidine groups is 1. The van der Waals surface area contributed by atoms with E-state index in [9.17, 15) is 0 Å². The van der Waals surface area contributed by atoms with Gasteiger partial charge in [-0.15, -0.1) is 10.2 Å². The number of aliphatic imine (C=N–C) groups is 1. The van der Waals surface area contributed by atoms with Crippen LogP contribution in [0.25, 0.3) is 0 Å². The summed E-state index contributed by atoms with van der Waals surface area (Å²) in [5.41, 5.74) is 1.46. The van der Waals surface area contributed by atoms with E-state index in [4.69, 9.17) is 9.73 Å². The van der Waals surface area contributed by atoms with Gasteiger partial charge in [-0.05, 0) is 44.1 Å². The van der Waals surface area contributed by atoms with Crippen LogP contribution in [0.1, 0.15) is 56.2 Å². The molecule has 3 rings (SSSR count).